The number of rotatable bonds is 8. The fourth-order valence-corrected chi connectivity index (χ4v) is 2.04. The molecule has 3 heteroatoms. The minimum atomic E-state index is 0.0559. The van der Waals surface area contributed by atoms with Crippen molar-refractivity contribution in [3.05, 3.63) is 0 Å². The van der Waals surface area contributed by atoms with Crippen molar-refractivity contribution in [1.82, 2.24) is 4.90 Å². The van der Waals surface area contributed by atoms with Gasteiger partial charge in [-0.1, -0.05) is 26.7 Å². The van der Waals surface area contributed by atoms with Crippen molar-refractivity contribution in [2.24, 2.45) is 5.73 Å². The van der Waals surface area contributed by atoms with Crippen LogP contribution in [0.15, 0.2) is 0 Å². The van der Waals surface area contributed by atoms with Gasteiger partial charge in [0.1, 0.15) is 0 Å². The Morgan fingerprint density at radius 1 is 1.38 bits per heavy atom. The molecule has 1 amide bonds. The van der Waals surface area contributed by atoms with Crippen LogP contribution in [0.25, 0.3) is 0 Å². The molecule has 0 aliphatic heterocycles. The summed E-state index contributed by atoms with van der Waals surface area (Å²) in [5.74, 6) is 0.275. The highest BCUT2D eigenvalue weighted by Crippen LogP contribution is 2.27. The summed E-state index contributed by atoms with van der Waals surface area (Å²) in [6.45, 7) is 5.21. The Balaban J connectivity index is 2.34. The molecular formula is C13H26N2O. The molecule has 1 fully saturated rings. The second-order valence-corrected chi connectivity index (χ2v) is 4.92. The number of unbranched alkanes of at least 4 members (excludes halogenated alkanes) is 1. The molecule has 1 aliphatic rings. The van der Waals surface area contributed by atoms with Gasteiger partial charge in [-0.05, 0) is 25.7 Å². The number of nitrogens with zero attached hydrogens (tertiary/aromatic N) is 1. The third-order valence-electron chi connectivity index (χ3n) is 3.16. The highest BCUT2D eigenvalue weighted by Gasteiger charge is 2.32. The van der Waals surface area contributed by atoms with E-state index in [2.05, 4.69) is 18.7 Å². The van der Waals surface area contributed by atoms with Crippen LogP contribution in [0.5, 0.6) is 0 Å². The van der Waals surface area contributed by atoms with Gasteiger partial charge in [0.15, 0.2) is 0 Å². The molecule has 0 aromatic rings. The Kier molecular flexibility index (Phi) is 5.81. The van der Waals surface area contributed by atoms with Crippen molar-refractivity contribution < 1.29 is 4.79 Å². The molecule has 0 bridgehead atoms. The summed E-state index contributed by atoms with van der Waals surface area (Å²) >= 11 is 0. The summed E-state index contributed by atoms with van der Waals surface area (Å²) in [4.78, 5) is 14.1. The van der Waals surface area contributed by atoms with E-state index < -0.39 is 0 Å². The first-order chi connectivity index (χ1) is 7.69. The molecule has 94 valence electrons. The molecule has 1 saturated carbocycles. The molecule has 3 nitrogen and oxygen atoms in total. The van der Waals surface area contributed by atoms with Gasteiger partial charge in [0.2, 0.25) is 5.91 Å². The maximum Gasteiger partial charge on any atom is 0.224 e. The maximum atomic E-state index is 12.1. The van der Waals surface area contributed by atoms with Crippen LogP contribution in [-0.4, -0.2) is 29.4 Å². The van der Waals surface area contributed by atoms with Gasteiger partial charge < -0.3 is 10.6 Å². The second kappa shape index (κ2) is 6.89. The SMILES string of the molecule is CCCCN(C(=O)CC(N)CCC)C1CC1. The topological polar surface area (TPSA) is 46.3 Å². The summed E-state index contributed by atoms with van der Waals surface area (Å²) in [5.41, 5.74) is 5.92. The molecule has 0 heterocycles. The first-order valence-corrected chi connectivity index (χ1v) is 6.74. The molecule has 0 saturated heterocycles. The monoisotopic (exact) mass is 226 g/mol. The summed E-state index contributed by atoms with van der Waals surface area (Å²) < 4.78 is 0. The van der Waals surface area contributed by atoms with Crippen molar-refractivity contribution >= 4 is 5.91 Å². The van der Waals surface area contributed by atoms with Crippen molar-refractivity contribution in [3.63, 3.8) is 0 Å². The van der Waals surface area contributed by atoms with Crippen molar-refractivity contribution in [2.75, 3.05) is 6.54 Å². The van der Waals surface area contributed by atoms with E-state index in [0.717, 1.165) is 32.2 Å². The van der Waals surface area contributed by atoms with E-state index in [4.69, 9.17) is 5.73 Å². The number of carbonyl (C=O) groups excluding carboxylic acids is 1. The van der Waals surface area contributed by atoms with Crippen LogP contribution in [0.4, 0.5) is 0 Å². The number of hydrogen-bond donors (Lipinski definition) is 1. The third kappa shape index (κ3) is 4.52. The molecule has 1 unspecified atom stereocenters. The van der Waals surface area contributed by atoms with Crippen LogP contribution in [0.1, 0.15) is 58.8 Å². The molecule has 2 N–H and O–H groups in total. The quantitative estimate of drug-likeness (QED) is 0.690. The van der Waals surface area contributed by atoms with E-state index in [1.165, 1.54) is 12.8 Å². The van der Waals surface area contributed by atoms with Gasteiger partial charge in [-0.2, -0.15) is 0 Å². The van der Waals surface area contributed by atoms with Gasteiger partial charge in [-0.15, -0.1) is 0 Å². The van der Waals surface area contributed by atoms with Gasteiger partial charge in [0.25, 0.3) is 0 Å². The number of amides is 1. The van der Waals surface area contributed by atoms with E-state index in [1.54, 1.807) is 0 Å². The Morgan fingerprint density at radius 2 is 2.06 bits per heavy atom. The highest BCUT2D eigenvalue weighted by atomic mass is 16.2. The van der Waals surface area contributed by atoms with E-state index >= 15 is 0 Å². The minimum absolute atomic E-state index is 0.0559. The van der Waals surface area contributed by atoms with E-state index in [0.29, 0.717) is 12.5 Å². The third-order valence-corrected chi connectivity index (χ3v) is 3.16. The highest BCUT2D eigenvalue weighted by molar-refractivity contribution is 5.77. The maximum absolute atomic E-state index is 12.1. The fraction of sp³-hybridized carbons (Fsp3) is 0.923. The zero-order valence-corrected chi connectivity index (χ0v) is 10.7. The van der Waals surface area contributed by atoms with Crippen LogP contribution < -0.4 is 5.73 Å². The molecule has 1 aliphatic carbocycles. The summed E-state index contributed by atoms with van der Waals surface area (Å²) in [7, 11) is 0. The average Bonchev–Trinajstić information content (AvgIpc) is 3.02. The van der Waals surface area contributed by atoms with Gasteiger partial charge in [-0.25, -0.2) is 0 Å². The van der Waals surface area contributed by atoms with Crippen molar-refractivity contribution in [2.45, 2.75) is 70.9 Å². The zero-order chi connectivity index (χ0) is 12.0. The molecule has 16 heavy (non-hydrogen) atoms. The molecule has 0 aromatic heterocycles. The second-order valence-electron chi connectivity index (χ2n) is 4.92. The molecule has 0 radical (unpaired) electrons. The fourth-order valence-electron chi connectivity index (χ4n) is 2.04. The van der Waals surface area contributed by atoms with E-state index in [-0.39, 0.29) is 11.9 Å². The lowest BCUT2D eigenvalue weighted by Gasteiger charge is -2.23. The van der Waals surface area contributed by atoms with Crippen LogP contribution in [-0.2, 0) is 4.79 Å². The van der Waals surface area contributed by atoms with Crippen LogP contribution in [0.3, 0.4) is 0 Å². The normalized spacial score (nSPS) is 17.2. The first kappa shape index (κ1) is 13.5. The average molecular weight is 226 g/mol. The Labute approximate surface area is 99.4 Å². The van der Waals surface area contributed by atoms with Crippen molar-refractivity contribution in [3.8, 4) is 0 Å². The lowest BCUT2D eigenvalue weighted by Crippen LogP contribution is -2.38. The minimum Gasteiger partial charge on any atom is -0.340 e. The lowest BCUT2D eigenvalue weighted by molar-refractivity contribution is -0.132. The molecule has 0 spiro atoms. The van der Waals surface area contributed by atoms with E-state index in [9.17, 15) is 4.79 Å². The van der Waals surface area contributed by atoms with Crippen LogP contribution in [0, 0.1) is 0 Å². The number of nitrogens with two attached hydrogens (primary N) is 1. The number of carbonyl (C=O) groups is 1. The largest absolute Gasteiger partial charge is 0.340 e. The summed E-state index contributed by atoms with van der Waals surface area (Å²) in [6, 6.07) is 0.591. The van der Waals surface area contributed by atoms with Crippen LogP contribution in [0.2, 0.25) is 0 Å². The predicted octanol–water partition coefficient (Wildman–Crippen LogP) is 2.29. The molecule has 1 atom stereocenters. The predicted molar refractivity (Wildman–Crippen MR) is 67.1 cm³/mol. The standard InChI is InChI=1S/C13H26N2O/c1-3-5-9-15(12-7-8-12)13(16)10-11(14)6-4-2/h11-12H,3-10,14H2,1-2H3. The van der Waals surface area contributed by atoms with E-state index in [1.807, 2.05) is 0 Å². The first-order valence-electron chi connectivity index (χ1n) is 6.74. The summed E-state index contributed by atoms with van der Waals surface area (Å²) in [6.07, 6.45) is 7.21. The smallest absolute Gasteiger partial charge is 0.224 e. The number of hydrogen-bond acceptors (Lipinski definition) is 2. The Bertz CT molecular complexity index is 214. The van der Waals surface area contributed by atoms with Gasteiger partial charge in [0, 0.05) is 25.0 Å². The zero-order valence-electron chi connectivity index (χ0n) is 10.7. The van der Waals surface area contributed by atoms with Crippen LogP contribution >= 0.6 is 0 Å². The Morgan fingerprint density at radius 3 is 2.56 bits per heavy atom. The van der Waals surface area contributed by atoms with Gasteiger partial charge in [0.05, 0.1) is 0 Å². The summed E-state index contributed by atoms with van der Waals surface area (Å²) in [5, 5.41) is 0. The van der Waals surface area contributed by atoms with Gasteiger partial charge >= 0.3 is 0 Å². The lowest BCUT2D eigenvalue weighted by atomic mass is 10.1. The Hall–Kier alpha value is -0.570. The molecule has 1 rings (SSSR count). The molecular weight excluding hydrogens is 200 g/mol. The molecule has 0 aromatic carbocycles. The van der Waals surface area contributed by atoms with Crippen molar-refractivity contribution in [1.29, 1.82) is 0 Å². The van der Waals surface area contributed by atoms with Gasteiger partial charge in [-0.3, -0.25) is 4.79 Å².